The van der Waals surface area contributed by atoms with Gasteiger partial charge in [-0.15, -0.1) is 0 Å². The minimum absolute atomic E-state index is 0.115. The summed E-state index contributed by atoms with van der Waals surface area (Å²) in [4.78, 5) is 25.5. The fraction of sp³-hybridized carbons (Fsp3) is 0.529. The first-order valence-electron chi connectivity index (χ1n) is 7.29. The summed E-state index contributed by atoms with van der Waals surface area (Å²) in [7, 11) is 1.55. The number of aryl methyl sites for hydroxylation is 1. The molecule has 0 bridgehead atoms. The second kappa shape index (κ2) is 6.22. The molecule has 3 nitrogen and oxygen atoms in total. The van der Waals surface area contributed by atoms with Gasteiger partial charge >= 0.3 is 0 Å². The van der Waals surface area contributed by atoms with Gasteiger partial charge in [-0.05, 0) is 36.7 Å². The fourth-order valence-electron chi connectivity index (χ4n) is 2.62. The summed E-state index contributed by atoms with van der Waals surface area (Å²) >= 11 is 1.13. The van der Waals surface area contributed by atoms with Gasteiger partial charge < -0.3 is 0 Å². The summed E-state index contributed by atoms with van der Waals surface area (Å²) in [5, 5.41) is -0.172. The first-order valence-corrected chi connectivity index (χ1v) is 8.10. The number of carbonyl (C=O) groups is 2. The predicted octanol–water partition coefficient (Wildman–Crippen LogP) is 4.38. The molecule has 1 saturated heterocycles. The zero-order valence-electron chi connectivity index (χ0n) is 14.0. The van der Waals surface area contributed by atoms with Crippen LogP contribution in [0, 0.1) is 6.92 Å². The Labute approximate surface area is 132 Å². The van der Waals surface area contributed by atoms with Gasteiger partial charge in [0.2, 0.25) is 5.91 Å². The van der Waals surface area contributed by atoms with Crippen molar-refractivity contribution in [2.45, 2.75) is 51.7 Å². The molecule has 0 N–H and O–H groups in total. The summed E-state index contributed by atoms with van der Waals surface area (Å²) in [6.07, 6.45) is 0. The maximum Gasteiger partial charge on any atom is 0.289 e. The van der Waals surface area contributed by atoms with Crippen molar-refractivity contribution in [1.82, 2.24) is 4.90 Å². The van der Waals surface area contributed by atoms with E-state index in [1.54, 1.807) is 7.05 Å². The molecular formula is C17H25NO2S. The van der Waals surface area contributed by atoms with Gasteiger partial charge in [0.05, 0.1) is 0 Å². The molecule has 1 aromatic carbocycles. The van der Waals surface area contributed by atoms with Crippen LogP contribution < -0.4 is 0 Å². The van der Waals surface area contributed by atoms with Gasteiger partial charge in [0.15, 0.2) is 0 Å². The van der Waals surface area contributed by atoms with Gasteiger partial charge in [-0.25, -0.2) is 0 Å². The molecule has 1 atom stereocenters. The Hall–Kier alpha value is -1.29. The monoisotopic (exact) mass is 307 g/mol. The Morgan fingerprint density at radius 1 is 1.14 bits per heavy atom. The van der Waals surface area contributed by atoms with Crippen LogP contribution in [-0.4, -0.2) is 27.8 Å². The summed E-state index contributed by atoms with van der Waals surface area (Å²) < 4.78 is -0.759. The third-order valence-corrected chi connectivity index (χ3v) is 5.83. The van der Waals surface area contributed by atoms with Gasteiger partial charge in [0.25, 0.3) is 5.24 Å². The molecular weight excluding hydrogens is 282 g/mol. The zero-order valence-corrected chi connectivity index (χ0v) is 14.8. The number of benzene rings is 1. The number of amides is 2. The lowest BCUT2D eigenvalue weighted by Crippen LogP contribution is -2.49. The van der Waals surface area contributed by atoms with Crippen molar-refractivity contribution in [2.24, 2.45) is 0 Å². The number of imide groups is 1. The van der Waals surface area contributed by atoms with Crippen molar-refractivity contribution < 1.29 is 9.59 Å². The lowest BCUT2D eigenvalue weighted by atomic mass is 9.71. The number of hydrogen-bond donors (Lipinski definition) is 0. The van der Waals surface area contributed by atoms with Crippen LogP contribution in [0.4, 0.5) is 4.79 Å². The molecule has 4 heteroatoms. The molecule has 1 aliphatic heterocycles. The van der Waals surface area contributed by atoms with Crippen LogP contribution in [0.1, 0.15) is 45.7 Å². The van der Waals surface area contributed by atoms with Gasteiger partial charge in [-0.3, -0.25) is 14.5 Å². The second-order valence-electron chi connectivity index (χ2n) is 5.71. The molecule has 0 aromatic heterocycles. The average molecular weight is 307 g/mol. The number of nitrogens with zero attached hydrogens (tertiary/aromatic N) is 1. The van der Waals surface area contributed by atoms with Crippen LogP contribution in [0.3, 0.4) is 0 Å². The van der Waals surface area contributed by atoms with Crippen molar-refractivity contribution in [3.63, 3.8) is 0 Å². The van der Waals surface area contributed by atoms with Crippen LogP contribution in [0.5, 0.6) is 0 Å². The lowest BCUT2D eigenvalue weighted by molar-refractivity contribution is -0.129. The zero-order chi connectivity index (χ0) is 16.4. The SMILES string of the molecule is CC.Cc1ccccc1C(C)(C)C1(C)SC(=O)N(C)C1=O. The minimum Gasteiger partial charge on any atom is -0.275 e. The number of carbonyl (C=O) groups excluding carboxylic acids is 2. The lowest BCUT2D eigenvalue weighted by Gasteiger charge is -2.39. The van der Waals surface area contributed by atoms with Gasteiger partial charge in [0.1, 0.15) is 4.75 Å². The van der Waals surface area contributed by atoms with Crippen LogP contribution in [0.25, 0.3) is 0 Å². The van der Waals surface area contributed by atoms with E-state index in [1.165, 1.54) is 4.90 Å². The summed E-state index contributed by atoms with van der Waals surface area (Å²) in [6.45, 7) is 12.0. The number of thioether (sulfide) groups is 1. The Morgan fingerprint density at radius 2 is 1.67 bits per heavy atom. The van der Waals surface area contributed by atoms with Crippen molar-refractivity contribution in [3.8, 4) is 0 Å². The summed E-state index contributed by atoms with van der Waals surface area (Å²) in [5.41, 5.74) is 1.84. The van der Waals surface area contributed by atoms with Crippen molar-refractivity contribution in [2.75, 3.05) is 7.05 Å². The van der Waals surface area contributed by atoms with E-state index in [2.05, 4.69) is 0 Å². The molecule has 1 unspecified atom stereocenters. The van der Waals surface area contributed by atoms with Gasteiger partial charge in [-0.1, -0.05) is 52.0 Å². The van der Waals surface area contributed by atoms with Gasteiger partial charge in [-0.2, -0.15) is 0 Å². The third kappa shape index (κ3) is 2.73. The molecule has 21 heavy (non-hydrogen) atoms. The molecule has 1 fully saturated rings. The van der Waals surface area contributed by atoms with Crippen molar-refractivity contribution in [1.29, 1.82) is 0 Å². The molecule has 0 spiro atoms. The fourth-order valence-corrected chi connectivity index (χ4v) is 3.77. The summed E-state index contributed by atoms with van der Waals surface area (Å²) in [6, 6.07) is 8.04. The van der Waals surface area contributed by atoms with E-state index >= 15 is 0 Å². The molecule has 0 saturated carbocycles. The van der Waals surface area contributed by atoms with E-state index in [1.807, 2.05) is 65.8 Å². The van der Waals surface area contributed by atoms with Crippen LogP contribution in [0.15, 0.2) is 24.3 Å². The highest BCUT2D eigenvalue weighted by molar-refractivity contribution is 8.16. The first-order chi connectivity index (χ1) is 9.72. The highest BCUT2D eigenvalue weighted by atomic mass is 32.2. The van der Waals surface area contributed by atoms with Gasteiger partial charge in [0, 0.05) is 12.5 Å². The third-order valence-electron chi connectivity index (χ3n) is 4.29. The average Bonchev–Trinajstić information content (AvgIpc) is 2.66. The molecule has 1 aliphatic rings. The quantitative estimate of drug-likeness (QED) is 0.813. The van der Waals surface area contributed by atoms with Crippen molar-refractivity contribution in [3.05, 3.63) is 35.4 Å². The highest BCUT2D eigenvalue weighted by Gasteiger charge is 2.57. The standard InChI is InChI=1S/C15H19NO2S.C2H6/c1-10-8-6-7-9-11(10)14(2,3)15(4)12(17)16(5)13(18)19-15;1-2/h6-9H,1-5H3;1-2H3. The Kier molecular flexibility index (Phi) is 5.26. The topological polar surface area (TPSA) is 37.4 Å². The van der Waals surface area contributed by atoms with E-state index in [4.69, 9.17) is 0 Å². The smallest absolute Gasteiger partial charge is 0.275 e. The molecule has 1 heterocycles. The van der Waals surface area contributed by atoms with Crippen molar-refractivity contribution >= 4 is 22.9 Å². The predicted molar refractivity (Wildman–Crippen MR) is 89.7 cm³/mol. The Balaban J connectivity index is 0.00000106. The normalized spacial score (nSPS) is 22.1. The number of hydrogen-bond acceptors (Lipinski definition) is 3. The van der Waals surface area contributed by atoms with E-state index in [0.717, 1.165) is 22.9 Å². The van der Waals surface area contributed by atoms with E-state index in [9.17, 15) is 9.59 Å². The maximum atomic E-state index is 12.5. The van der Waals surface area contributed by atoms with Crippen LogP contribution in [0.2, 0.25) is 0 Å². The summed E-state index contributed by atoms with van der Waals surface area (Å²) in [5.74, 6) is -0.115. The molecule has 116 valence electrons. The molecule has 0 radical (unpaired) electrons. The maximum absolute atomic E-state index is 12.5. The Morgan fingerprint density at radius 3 is 2.10 bits per heavy atom. The second-order valence-corrected chi connectivity index (χ2v) is 7.08. The number of rotatable bonds is 2. The molecule has 0 aliphatic carbocycles. The van der Waals surface area contributed by atoms with Crippen LogP contribution in [-0.2, 0) is 10.2 Å². The van der Waals surface area contributed by atoms with E-state index < -0.39 is 10.2 Å². The molecule has 2 amide bonds. The minimum atomic E-state index is -0.759. The highest BCUT2D eigenvalue weighted by Crippen LogP contribution is 2.50. The Bertz CT molecular complexity index is 553. The van der Waals surface area contributed by atoms with E-state index in [0.29, 0.717) is 0 Å². The largest absolute Gasteiger partial charge is 0.289 e. The first kappa shape index (κ1) is 17.8. The van der Waals surface area contributed by atoms with E-state index in [-0.39, 0.29) is 11.1 Å². The molecule has 1 aromatic rings. The molecule has 2 rings (SSSR count). The van der Waals surface area contributed by atoms with Crippen LogP contribution >= 0.6 is 11.8 Å².